The van der Waals surface area contributed by atoms with Crippen molar-refractivity contribution in [3.05, 3.63) is 59.4 Å². The number of anilines is 2. The molecule has 3 N–H and O–H groups in total. The number of nitrogens with two attached hydrogens (primary N) is 1. The quantitative estimate of drug-likeness (QED) is 0.720. The predicted molar refractivity (Wildman–Crippen MR) is 124 cm³/mol. The number of carbonyl (C=O) groups excluding carboxylic acids is 2. The van der Waals surface area contributed by atoms with E-state index in [1.54, 1.807) is 24.3 Å². The minimum atomic E-state index is -0.510. The minimum Gasteiger partial charge on any atom is -0.370 e. The Bertz CT molecular complexity index is 974. The Labute approximate surface area is 188 Å². The van der Waals surface area contributed by atoms with Crippen LogP contribution >= 0.6 is 0 Å². The van der Waals surface area contributed by atoms with E-state index in [-0.39, 0.29) is 17.6 Å². The Balaban J connectivity index is 1.47. The number of rotatable bonds is 6. The molecule has 2 heterocycles. The van der Waals surface area contributed by atoms with Gasteiger partial charge < -0.3 is 16.0 Å². The van der Waals surface area contributed by atoms with Crippen LogP contribution in [0.5, 0.6) is 0 Å². The van der Waals surface area contributed by atoms with E-state index in [4.69, 9.17) is 5.73 Å². The monoisotopic (exact) mass is 438 g/mol. The topological polar surface area (TPSA) is 78.7 Å². The molecule has 4 rings (SSSR count). The normalized spacial score (nSPS) is 19.5. The summed E-state index contributed by atoms with van der Waals surface area (Å²) in [6, 6.07) is 11.9. The molecule has 2 aromatic carbocycles. The molecule has 7 heteroatoms. The molecule has 0 aromatic heterocycles. The standard InChI is InChI=1S/C25H31FN4O2/c26-21-8-4-6-18(14-21)16-29-11-5-7-20(17-29)25(32)28-22-15-19(24(27)31)9-10-23(22)30-12-2-1-3-13-30/h4,6,8-10,14-15,20H,1-3,5,7,11-13,16-17H2,(H2,27,31)(H,28,32). The third kappa shape index (κ3) is 5.46. The Kier molecular flexibility index (Phi) is 7.05. The maximum Gasteiger partial charge on any atom is 0.248 e. The molecule has 2 saturated heterocycles. The highest BCUT2D eigenvalue weighted by molar-refractivity contribution is 6.00. The van der Waals surface area contributed by atoms with Gasteiger partial charge in [-0.1, -0.05) is 12.1 Å². The summed E-state index contributed by atoms with van der Waals surface area (Å²) in [5.41, 5.74) is 8.37. The van der Waals surface area contributed by atoms with Crippen LogP contribution in [0.4, 0.5) is 15.8 Å². The Morgan fingerprint density at radius 1 is 1.03 bits per heavy atom. The number of amides is 2. The fraction of sp³-hybridized carbons (Fsp3) is 0.440. The number of halogens is 1. The van der Waals surface area contributed by atoms with Gasteiger partial charge in [0.15, 0.2) is 0 Å². The maximum atomic E-state index is 13.5. The lowest BCUT2D eigenvalue weighted by molar-refractivity contribution is -0.121. The molecule has 32 heavy (non-hydrogen) atoms. The van der Waals surface area contributed by atoms with Crippen LogP contribution in [0.1, 0.15) is 48.0 Å². The summed E-state index contributed by atoms with van der Waals surface area (Å²) in [6.45, 7) is 4.00. The van der Waals surface area contributed by atoms with E-state index in [0.717, 1.165) is 56.6 Å². The number of carbonyl (C=O) groups is 2. The van der Waals surface area contributed by atoms with Crippen molar-refractivity contribution in [3.8, 4) is 0 Å². The van der Waals surface area contributed by atoms with Crippen LogP contribution in [-0.2, 0) is 11.3 Å². The van der Waals surface area contributed by atoms with Gasteiger partial charge >= 0.3 is 0 Å². The zero-order chi connectivity index (χ0) is 22.5. The molecule has 0 bridgehead atoms. The van der Waals surface area contributed by atoms with Crippen molar-refractivity contribution in [2.24, 2.45) is 11.7 Å². The van der Waals surface area contributed by atoms with E-state index < -0.39 is 5.91 Å². The van der Waals surface area contributed by atoms with Gasteiger partial charge in [0.25, 0.3) is 0 Å². The molecule has 0 radical (unpaired) electrons. The average molecular weight is 439 g/mol. The van der Waals surface area contributed by atoms with Gasteiger partial charge in [-0.15, -0.1) is 0 Å². The van der Waals surface area contributed by atoms with Gasteiger partial charge in [-0.05, 0) is 74.5 Å². The molecular weight excluding hydrogens is 407 g/mol. The van der Waals surface area contributed by atoms with Crippen molar-refractivity contribution in [2.75, 3.05) is 36.4 Å². The summed E-state index contributed by atoms with van der Waals surface area (Å²) >= 11 is 0. The van der Waals surface area contributed by atoms with Crippen molar-refractivity contribution < 1.29 is 14.0 Å². The fourth-order valence-corrected chi connectivity index (χ4v) is 4.74. The number of benzene rings is 2. The minimum absolute atomic E-state index is 0.0474. The van der Waals surface area contributed by atoms with Crippen molar-refractivity contribution in [1.82, 2.24) is 4.90 Å². The van der Waals surface area contributed by atoms with Crippen LogP contribution in [0.25, 0.3) is 0 Å². The highest BCUT2D eigenvalue weighted by Gasteiger charge is 2.27. The molecule has 2 fully saturated rings. The van der Waals surface area contributed by atoms with Crippen molar-refractivity contribution >= 4 is 23.2 Å². The summed E-state index contributed by atoms with van der Waals surface area (Å²) in [6.07, 6.45) is 5.15. The molecule has 0 spiro atoms. The summed E-state index contributed by atoms with van der Waals surface area (Å²) in [7, 11) is 0. The summed E-state index contributed by atoms with van der Waals surface area (Å²) in [4.78, 5) is 29.4. The zero-order valence-corrected chi connectivity index (χ0v) is 18.4. The molecule has 2 aliphatic heterocycles. The molecule has 0 aliphatic carbocycles. The molecule has 0 saturated carbocycles. The summed E-state index contributed by atoms with van der Waals surface area (Å²) in [5, 5.41) is 3.09. The van der Waals surface area contributed by atoms with Crippen molar-refractivity contribution in [2.45, 2.75) is 38.6 Å². The Morgan fingerprint density at radius 2 is 1.84 bits per heavy atom. The second-order valence-corrected chi connectivity index (χ2v) is 8.84. The fourth-order valence-electron chi connectivity index (χ4n) is 4.74. The van der Waals surface area contributed by atoms with Crippen LogP contribution in [0, 0.1) is 11.7 Å². The zero-order valence-electron chi connectivity index (χ0n) is 18.4. The smallest absolute Gasteiger partial charge is 0.248 e. The lowest BCUT2D eigenvalue weighted by Crippen LogP contribution is -2.40. The molecule has 2 aromatic rings. The molecule has 2 amide bonds. The Morgan fingerprint density at radius 3 is 2.59 bits per heavy atom. The number of likely N-dealkylation sites (tertiary alicyclic amines) is 1. The van der Waals surface area contributed by atoms with Gasteiger partial charge in [0, 0.05) is 31.7 Å². The molecule has 170 valence electrons. The van der Waals surface area contributed by atoms with Crippen LogP contribution in [0.3, 0.4) is 0 Å². The summed E-state index contributed by atoms with van der Waals surface area (Å²) in [5.74, 6) is -0.962. The van der Waals surface area contributed by atoms with Gasteiger partial charge in [-0.3, -0.25) is 14.5 Å². The number of piperidine rings is 2. The first-order valence-electron chi connectivity index (χ1n) is 11.5. The largest absolute Gasteiger partial charge is 0.370 e. The van der Waals surface area contributed by atoms with Crippen molar-refractivity contribution in [1.29, 1.82) is 0 Å². The summed E-state index contributed by atoms with van der Waals surface area (Å²) < 4.78 is 13.5. The highest BCUT2D eigenvalue weighted by Crippen LogP contribution is 2.31. The highest BCUT2D eigenvalue weighted by atomic mass is 19.1. The number of hydrogen-bond donors (Lipinski definition) is 2. The molecular formula is C25H31FN4O2. The van der Waals surface area contributed by atoms with E-state index in [0.29, 0.717) is 24.3 Å². The first-order chi connectivity index (χ1) is 15.5. The lowest BCUT2D eigenvalue weighted by Gasteiger charge is -2.33. The molecule has 1 atom stereocenters. The maximum absolute atomic E-state index is 13.5. The molecule has 6 nitrogen and oxygen atoms in total. The van der Waals surface area contributed by atoms with Crippen LogP contribution < -0.4 is 16.0 Å². The van der Waals surface area contributed by atoms with Gasteiger partial charge in [0.05, 0.1) is 17.3 Å². The Hall–Kier alpha value is -2.93. The van der Waals surface area contributed by atoms with E-state index in [1.165, 1.54) is 12.5 Å². The van der Waals surface area contributed by atoms with E-state index >= 15 is 0 Å². The second kappa shape index (κ2) is 10.1. The van der Waals surface area contributed by atoms with E-state index in [2.05, 4.69) is 15.1 Å². The number of primary amides is 1. The number of nitrogens with one attached hydrogen (secondary N) is 1. The van der Waals surface area contributed by atoms with Gasteiger partial charge in [-0.2, -0.15) is 0 Å². The van der Waals surface area contributed by atoms with Gasteiger partial charge in [0.1, 0.15) is 5.82 Å². The first kappa shape index (κ1) is 22.3. The predicted octanol–water partition coefficient (Wildman–Crippen LogP) is 3.77. The molecule has 2 aliphatic rings. The van der Waals surface area contributed by atoms with Crippen LogP contribution in [-0.4, -0.2) is 42.9 Å². The van der Waals surface area contributed by atoms with Crippen molar-refractivity contribution in [3.63, 3.8) is 0 Å². The number of hydrogen-bond acceptors (Lipinski definition) is 4. The average Bonchev–Trinajstić information content (AvgIpc) is 2.80. The second-order valence-electron chi connectivity index (χ2n) is 8.84. The van der Waals surface area contributed by atoms with Crippen LogP contribution in [0.2, 0.25) is 0 Å². The van der Waals surface area contributed by atoms with Gasteiger partial charge in [0.2, 0.25) is 11.8 Å². The van der Waals surface area contributed by atoms with E-state index in [1.807, 2.05) is 12.1 Å². The van der Waals surface area contributed by atoms with Gasteiger partial charge in [-0.25, -0.2) is 4.39 Å². The number of nitrogens with zero attached hydrogens (tertiary/aromatic N) is 2. The molecule has 1 unspecified atom stereocenters. The third-order valence-electron chi connectivity index (χ3n) is 6.41. The first-order valence-corrected chi connectivity index (χ1v) is 11.5. The lowest BCUT2D eigenvalue weighted by atomic mass is 9.96. The SMILES string of the molecule is NC(=O)c1ccc(N2CCCCC2)c(NC(=O)C2CCCN(Cc3cccc(F)c3)C2)c1. The third-order valence-corrected chi connectivity index (χ3v) is 6.41. The van der Waals surface area contributed by atoms with Crippen LogP contribution in [0.15, 0.2) is 42.5 Å². The van der Waals surface area contributed by atoms with E-state index in [9.17, 15) is 14.0 Å².